The molecule has 1 aromatic carbocycles. The lowest BCUT2D eigenvalue weighted by molar-refractivity contribution is 0.600. The first-order chi connectivity index (χ1) is 14.8. The van der Waals surface area contributed by atoms with Crippen molar-refractivity contribution in [2.24, 2.45) is 4.99 Å². The predicted molar refractivity (Wildman–Crippen MR) is 129 cm³/mol. The molecular formula is C23H24ClF2N3OS. The molecule has 8 heteroatoms. The molecule has 3 rings (SSSR count). The summed E-state index contributed by atoms with van der Waals surface area (Å²) in [5, 5.41) is 3.12. The second-order valence-corrected chi connectivity index (χ2v) is 8.05. The van der Waals surface area contributed by atoms with E-state index >= 15 is 0 Å². The number of aromatic nitrogens is 2. The van der Waals surface area contributed by atoms with Crippen LogP contribution in [0.25, 0.3) is 17.3 Å². The van der Waals surface area contributed by atoms with Crippen molar-refractivity contribution in [3.63, 3.8) is 0 Å². The number of halogens is 3. The molecule has 31 heavy (non-hydrogen) atoms. The molecule has 1 heterocycles. The molecule has 0 radical (unpaired) electrons. The lowest BCUT2D eigenvalue weighted by Crippen LogP contribution is -2.04. The average Bonchev–Trinajstić information content (AvgIpc) is 2.93. The Morgan fingerprint density at radius 3 is 2.68 bits per heavy atom. The van der Waals surface area contributed by atoms with Crippen LogP contribution in [0.4, 0.5) is 14.6 Å². The van der Waals surface area contributed by atoms with Gasteiger partial charge in [-0.25, -0.2) is 18.5 Å². The highest BCUT2D eigenvalue weighted by Gasteiger charge is 2.19. The van der Waals surface area contributed by atoms with E-state index in [-0.39, 0.29) is 16.9 Å². The maximum Gasteiger partial charge on any atom is 0.274 e. The van der Waals surface area contributed by atoms with E-state index in [9.17, 15) is 13.6 Å². The van der Waals surface area contributed by atoms with Crippen molar-refractivity contribution >= 4 is 42.1 Å². The highest BCUT2D eigenvalue weighted by Crippen LogP contribution is 2.37. The predicted octanol–water partition coefficient (Wildman–Crippen LogP) is 7.71. The number of aliphatic imine (C=N–C) groups is 1. The molecule has 0 saturated heterocycles. The van der Waals surface area contributed by atoms with Crippen molar-refractivity contribution in [2.45, 2.75) is 34.1 Å². The second kappa shape index (κ2) is 11.1. The quantitative estimate of drug-likeness (QED) is 0.461. The van der Waals surface area contributed by atoms with E-state index in [1.807, 2.05) is 26.8 Å². The van der Waals surface area contributed by atoms with Gasteiger partial charge in [-0.1, -0.05) is 55.4 Å². The van der Waals surface area contributed by atoms with Gasteiger partial charge in [-0.05, 0) is 38.3 Å². The Labute approximate surface area is 189 Å². The molecule has 0 fully saturated rings. The zero-order valence-corrected chi connectivity index (χ0v) is 19.4. The highest BCUT2D eigenvalue weighted by molar-refractivity contribution is 8.07. The Balaban J connectivity index is 0.00000166. The fourth-order valence-electron chi connectivity index (χ4n) is 2.95. The molecule has 1 aliphatic carbocycles. The molecule has 0 amide bonds. The monoisotopic (exact) mass is 463 g/mol. The normalized spacial score (nSPS) is 14.0. The summed E-state index contributed by atoms with van der Waals surface area (Å²) in [7, 11) is 0. The summed E-state index contributed by atoms with van der Waals surface area (Å²) >= 11 is 7.43. The minimum absolute atomic E-state index is 0.0518. The number of benzene rings is 1. The van der Waals surface area contributed by atoms with Crippen molar-refractivity contribution in [2.75, 3.05) is 0 Å². The number of H-pyrrole nitrogens is 1. The smallest absolute Gasteiger partial charge is 0.267 e. The summed E-state index contributed by atoms with van der Waals surface area (Å²) in [6.07, 6.45) is 5.62. The fourth-order valence-corrected chi connectivity index (χ4v) is 4.09. The molecule has 0 aliphatic heterocycles. The van der Waals surface area contributed by atoms with Gasteiger partial charge in [0.1, 0.15) is 11.7 Å². The first kappa shape index (κ1) is 24.6. The first-order valence-electron chi connectivity index (χ1n) is 9.67. The van der Waals surface area contributed by atoms with Gasteiger partial charge in [-0.2, -0.15) is 0 Å². The average molecular weight is 464 g/mol. The van der Waals surface area contributed by atoms with Crippen LogP contribution >= 0.6 is 23.4 Å². The van der Waals surface area contributed by atoms with E-state index in [4.69, 9.17) is 11.6 Å². The van der Waals surface area contributed by atoms with Gasteiger partial charge in [0.25, 0.3) is 5.56 Å². The Morgan fingerprint density at radius 2 is 2.03 bits per heavy atom. The summed E-state index contributed by atoms with van der Waals surface area (Å²) < 4.78 is 28.9. The van der Waals surface area contributed by atoms with Crippen molar-refractivity contribution in [1.82, 2.24) is 9.78 Å². The summed E-state index contributed by atoms with van der Waals surface area (Å²) in [5.74, 6) is -0.893. The molecule has 164 valence electrons. The molecule has 1 N–H and O–H groups in total. The minimum atomic E-state index is -0.649. The molecule has 0 saturated carbocycles. The van der Waals surface area contributed by atoms with Gasteiger partial charge < -0.3 is 0 Å². The molecule has 1 aliphatic rings. The summed E-state index contributed by atoms with van der Waals surface area (Å²) in [4.78, 5) is 17.6. The summed E-state index contributed by atoms with van der Waals surface area (Å²) in [6, 6.07) is 5.35. The molecule has 0 spiro atoms. The maximum absolute atomic E-state index is 14.1. The molecule has 2 aromatic rings. The van der Waals surface area contributed by atoms with Gasteiger partial charge in [0.2, 0.25) is 0 Å². The lowest BCUT2D eigenvalue weighted by atomic mass is 10.0. The van der Waals surface area contributed by atoms with Gasteiger partial charge >= 0.3 is 0 Å². The molecule has 0 bridgehead atoms. The van der Waals surface area contributed by atoms with Crippen molar-refractivity contribution in [1.29, 1.82) is 0 Å². The SMILES string of the molecule is C=Nc1c(-c2c(C)cccc2Cl)c(=O)[nH]n1/C=C(\C)SC1=C(F)C=C(F)CC=C1.CC. The standard InChI is InChI=1S/C21H18ClF2N3OS.C2H6/c1-12-6-4-8-15(22)18(12)19-20(25-3)27(26-21(19)28)11-13(2)29-17-9-5-7-14(23)10-16(17)24;1-2/h4-6,8-11H,3,7H2,1-2H3,(H,26,28);1-2H3/b13-11+;. The maximum atomic E-state index is 14.1. The number of aromatic amines is 1. The third-order valence-corrected chi connectivity index (χ3v) is 5.50. The van der Waals surface area contributed by atoms with Crippen molar-refractivity contribution in [3.05, 3.63) is 78.8 Å². The van der Waals surface area contributed by atoms with Crippen LogP contribution in [0.5, 0.6) is 0 Å². The van der Waals surface area contributed by atoms with Crippen LogP contribution in [0.1, 0.15) is 32.8 Å². The third kappa shape index (κ3) is 5.74. The zero-order chi connectivity index (χ0) is 23.1. The number of rotatable bonds is 5. The van der Waals surface area contributed by atoms with Crippen molar-refractivity contribution in [3.8, 4) is 11.1 Å². The molecular weight excluding hydrogens is 440 g/mol. The fraction of sp³-hybridized carbons (Fsp3) is 0.217. The van der Waals surface area contributed by atoms with Crippen LogP contribution in [-0.2, 0) is 0 Å². The van der Waals surface area contributed by atoms with Gasteiger partial charge in [0.05, 0.1) is 5.56 Å². The number of nitrogens with one attached hydrogen (secondary N) is 1. The van der Waals surface area contributed by atoms with E-state index in [1.54, 1.807) is 31.3 Å². The highest BCUT2D eigenvalue weighted by atomic mass is 35.5. The third-order valence-electron chi connectivity index (χ3n) is 4.21. The Hall–Kier alpha value is -2.64. The van der Waals surface area contributed by atoms with Gasteiger partial charge in [-0.3, -0.25) is 9.89 Å². The first-order valence-corrected chi connectivity index (χ1v) is 10.9. The lowest BCUT2D eigenvalue weighted by Gasteiger charge is -2.08. The molecule has 0 atom stereocenters. The minimum Gasteiger partial charge on any atom is -0.267 e. The largest absolute Gasteiger partial charge is 0.274 e. The van der Waals surface area contributed by atoms with Crippen LogP contribution in [0.3, 0.4) is 0 Å². The van der Waals surface area contributed by atoms with Crippen LogP contribution in [0.15, 0.2) is 67.7 Å². The molecule has 0 unspecified atom stereocenters. The van der Waals surface area contributed by atoms with Gasteiger partial charge in [0.15, 0.2) is 5.82 Å². The van der Waals surface area contributed by atoms with Crippen molar-refractivity contribution < 1.29 is 8.78 Å². The summed E-state index contributed by atoms with van der Waals surface area (Å²) in [5.41, 5.74) is 1.34. The molecule has 4 nitrogen and oxygen atoms in total. The zero-order valence-electron chi connectivity index (χ0n) is 17.8. The van der Waals surface area contributed by atoms with Crippen LogP contribution in [-0.4, -0.2) is 16.5 Å². The van der Waals surface area contributed by atoms with Gasteiger partial charge in [-0.15, -0.1) is 0 Å². The Bertz CT molecular complexity index is 1140. The van der Waals surface area contributed by atoms with E-state index in [0.29, 0.717) is 26.9 Å². The van der Waals surface area contributed by atoms with E-state index in [2.05, 4.69) is 16.8 Å². The summed E-state index contributed by atoms with van der Waals surface area (Å²) in [6.45, 7) is 11.2. The Kier molecular flexibility index (Phi) is 8.83. The molecule has 1 aromatic heterocycles. The van der Waals surface area contributed by atoms with Crippen LogP contribution in [0.2, 0.25) is 5.02 Å². The van der Waals surface area contributed by atoms with E-state index in [1.165, 1.54) is 10.8 Å². The number of hydrogen-bond acceptors (Lipinski definition) is 3. The number of thioether (sulfide) groups is 1. The van der Waals surface area contributed by atoms with E-state index < -0.39 is 11.7 Å². The van der Waals surface area contributed by atoms with E-state index in [0.717, 1.165) is 23.4 Å². The second-order valence-electron chi connectivity index (χ2n) is 6.35. The Morgan fingerprint density at radius 1 is 1.32 bits per heavy atom. The number of hydrogen-bond donors (Lipinski definition) is 1. The number of aryl methyl sites for hydroxylation is 1. The number of allylic oxidation sites excluding steroid dienone is 6. The number of nitrogens with zero attached hydrogens (tertiary/aromatic N) is 2. The van der Waals surface area contributed by atoms with Gasteiger partial charge in [0, 0.05) is 39.1 Å². The van der Waals surface area contributed by atoms with Crippen LogP contribution < -0.4 is 5.56 Å². The van der Waals surface area contributed by atoms with Crippen LogP contribution in [0, 0.1) is 6.92 Å². The topological polar surface area (TPSA) is 50.1 Å².